The molecule has 21 heavy (non-hydrogen) atoms. The highest BCUT2D eigenvalue weighted by Crippen LogP contribution is 2.71. The summed E-state index contributed by atoms with van der Waals surface area (Å²) in [5, 5.41) is 0. The van der Waals surface area contributed by atoms with Gasteiger partial charge in [-0.15, -0.1) is 0 Å². The van der Waals surface area contributed by atoms with Crippen LogP contribution in [0.3, 0.4) is 0 Å². The number of Topliss-reactive ketones (excluding diaryl/α,β-unsaturated/α-hetero) is 1. The first-order valence-electron chi connectivity index (χ1n) is 9.36. The lowest BCUT2D eigenvalue weighted by atomic mass is 9.36. The van der Waals surface area contributed by atoms with Crippen molar-refractivity contribution in [1.29, 1.82) is 0 Å². The van der Waals surface area contributed by atoms with E-state index in [1.54, 1.807) is 0 Å². The molecule has 0 saturated heterocycles. The lowest BCUT2D eigenvalue weighted by molar-refractivity contribution is -0.194. The molecule has 5 fully saturated rings. The number of fused-ring (bicyclic) bond motifs is 3. The summed E-state index contributed by atoms with van der Waals surface area (Å²) in [5.41, 5.74) is 1.02. The van der Waals surface area contributed by atoms with Gasteiger partial charge in [0, 0.05) is 11.3 Å². The number of hydrogen-bond donors (Lipinski definition) is 0. The first-order chi connectivity index (χ1) is 9.81. The fourth-order valence-electron chi connectivity index (χ4n) is 7.71. The summed E-state index contributed by atoms with van der Waals surface area (Å²) in [7, 11) is 0. The molecule has 6 atom stereocenters. The minimum Gasteiger partial charge on any atom is -0.299 e. The second kappa shape index (κ2) is 4.15. The minimum absolute atomic E-state index is 0.0901. The zero-order chi connectivity index (χ0) is 15.0. The molecule has 5 rings (SSSR count). The van der Waals surface area contributed by atoms with E-state index >= 15 is 0 Å². The van der Waals surface area contributed by atoms with E-state index in [1.165, 1.54) is 51.4 Å². The van der Waals surface area contributed by atoms with Crippen molar-refractivity contribution in [3.63, 3.8) is 0 Å². The van der Waals surface area contributed by atoms with Crippen molar-refractivity contribution in [2.45, 2.75) is 79.1 Å². The monoisotopic (exact) mass is 288 g/mol. The van der Waals surface area contributed by atoms with E-state index in [2.05, 4.69) is 27.7 Å². The van der Waals surface area contributed by atoms with Crippen LogP contribution in [0, 0.1) is 39.9 Å². The van der Waals surface area contributed by atoms with Crippen LogP contribution in [0.1, 0.15) is 79.1 Å². The second-order valence-corrected chi connectivity index (χ2v) is 9.84. The molecule has 0 radical (unpaired) electrons. The van der Waals surface area contributed by atoms with Gasteiger partial charge in [0.1, 0.15) is 5.78 Å². The molecule has 0 heterocycles. The standard InChI is InChI=1S/C20H32O/c1-13-14-6-10-20(17(13)21)11-7-15-18(2,3)8-5-9-19(15,4)16(20)12-14/h13-16H,5-12H2,1-4H3/t13-,14-,15-,16-,19+,20-/m0/s1. The van der Waals surface area contributed by atoms with E-state index < -0.39 is 0 Å². The van der Waals surface area contributed by atoms with Crippen LogP contribution in [-0.2, 0) is 4.79 Å². The minimum atomic E-state index is 0.0901. The average Bonchev–Trinajstić information content (AvgIpc) is 2.43. The highest BCUT2D eigenvalue weighted by molar-refractivity contribution is 5.89. The van der Waals surface area contributed by atoms with Crippen LogP contribution < -0.4 is 0 Å². The third-order valence-electron chi connectivity index (χ3n) is 8.73. The van der Waals surface area contributed by atoms with Crippen molar-refractivity contribution in [3.8, 4) is 0 Å². The van der Waals surface area contributed by atoms with Gasteiger partial charge in [-0.2, -0.15) is 0 Å². The van der Waals surface area contributed by atoms with E-state index in [-0.39, 0.29) is 5.41 Å². The molecule has 0 aromatic heterocycles. The zero-order valence-corrected chi connectivity index (χ0v) is 14.4. The topological polar surface area (TPSA) is 17.1 Å². The van der Waals surface area contributed by atoms with Crippen molar-refractivity contribution in [2.75, 3.05) is 0 Å². The molecule has 0 aliphatic heterocycles. The number of carbonyl (C=O) groups excluding carboxylic acids is 1. The van der Waals surface area contributed by atoms with E-state index in [4.69, 9.17) is 0 Å². The van der Waals surface area contributed by atoms with Crippen molar-refractivity contribution < 1.29 is 4.79 Å². The first-order valence-corrected chi connectivity index (χ1v) is 9.36. The quantitative estimate of drug-likeness (QED) is 0.596. The van der Waals surface area contributed by atoms with Gasteiger partial charge in [0.25, 0.3) is 0 Å². The van der Waals surface area contributed by atoms with Crippen LogP contribution in [0.2, 0.25) is 0 Å². The van der Waals surface area contributed by atoms with Crippen molar-refractivity contribution >= 4 is 5.78 Å². The van der Waals surface area contributed by atoms with Crippen LogP contribution in [0.5, 0.6) is 0 Å². The highest BCUT2D eigenvalue weighted by Gasteiger charge is 2.66. The maximum Gasteiger partial charge on any atom is 0.142 e. The summed E-state index contributed by atoms with van der Waals surface area (Å²) < 4.78 is 0. The largest absolute Gasteiger partial charge is 0.299 e. The Morgan fingerprint density at radius 3 is 2.43 bits per heavy atom. The maximum atomic E-state index is 13.1. The Bertz CT molecular complexity index is 478. The summed E-state index contributed by atoms with van der Waals surface area (Å²) in [6.07, 6.45) is 10.6. The number of carbonyl (C=O) groups is 1. The van der Waals surface area contributed by atoms with Crippen LogP contribution in [0.25, 0.3) is 0 Å². The fraction of sp³-hybridized carbons (Fsp3) is 0.950. The molecular weight excluding hydrogens is 256 g/mol. The van der Waals surface area contributed by atoms with E-state index in [0.717, 1.165) is 5.92 Å². The molecule has 0 aromatic carbocycles. The van der Waals surface area contributed by atoms with E-state index in [1.807, 2.05) is 0 Å². The van der Waals surface area contributed by atoms with Crippen molar-refractivity contribution in [3.05, 3.63) is 0 Å². The van der Waals surface area contributed by atoms with Crippen LogP contribution in [0.15, 0.2) is 0 Å². The number of hydrogen-bond acceptors (Lipinski definition) is 1. The predicted octanol–water partition coefficient (Wildman–Crippen LogP) is 5.23. The van der Waals surface area contributed by atoms with Crippen LogP contribution in [0.4, 0.5) is 0 Å². The van der Waals surface area contributed by atoms with Gasteiger partial charge in [-0.05, 0) is 73.5 Å². The van der Waals surface area contributed by atoms with Crippen molar-refractivity contribution in [1.82, 2.24) is 0 Å². The van der Waals surface area contributed by atoms with Crippen molar-refractivity contribution in [2.24, 2.45) is 39.9 Å². The summed E-state index contributed by atoms with van der Waals surface area (Å²) in [6, 6.07) is 0. The zero-order valence-electron chi connectivity index (χ0n) is 14.4. The average molecular weight is 288 g/mol. The number of ketones is 1. The molecular formula is C20H32O. The Morgan fingerprint density at radius 2 is 1.67 bits per heavy atom. The highest BCUT2D eigenvalue weighted by atomic mass is 16.1. The normalized spacial score (nSPS) is 55.0. The lowest BCUT2D eigenvalue weighted by Crippen LogP contribution is -2.64. The molecule has 0 N–H and O–H groups in total. The van der Waals surface area contributed by atoms with Gasteiger partial charge in [-0.1, -0.05) is 34.1 Å². The molecule has 1 spiro atoms. The molecule has 5 aliphatic carbocycles. The van der Waals surface area contributed by atoms with Gasteiger partial charge in [0.2, 0.25) is 0 Å². The Hall–Kier alpha value is -0.330. The van der Waals surface area contributed by atoms with Gasteiger partial charge in [0.15, 0.2) is 0 Å². The smallest absolute Gasteiger partial charge is 0.142 e. The Labute approximate surface area is 130 Å². The molecule has 1 heteroatoms. The SMILES string of the molecule is C[C@@H]1C(=O)[C@]23CC[C@H]1C[C@H]2[C@]1(C)CCCC(C)(C)[C@@H]1CC3. The van der Waals surface area contributed by atoms with Crippen LogP contribution in [-0.4, -0.2) is 5.78 Å². The summed E-state index contributed by atoms with van der Waals surface area (Å²) in [6.45, 7) is 9.79. The molecule has 5 saturated carbocycles. The molecule has 2 bridgehead atoms. The Balaban J connectivity index is 1.78. The predicted molar refractivity (Wildman–Crippen MR) is 85.9 cm³/mol. The Morgan fingerprint density at radius 1 is 0.952 bits per heavy atom. The third-order valence-corrected chi connectivity index (χ3v) is 8.73. The van der Waals surface area contributed by atoms with Gasteiger partial charge < -0.3 is 0 Å². The summed E-state index contributed by atoms with van der Waals surface area (Å²) in [5.74, 6) is 3.26. The second-order valence-electron chi connectivity index (χ2n) is 9.84. The van der Waals surface area contributed by atoms with Gasteiger partial charge in [-0.25, -0.2) is 0 Å². The molecule has 0 aromatic rings. The molecule has 1 nitrogen and oxygen atoms in total. The van der Waals surface area contributed by atoms with Gasteiger partial charge in [0.05, 0.1) is 0 Å². The van der Waals surface area contributed by atoms with Crippen LogP contribution >= 0.6 is 0 Å². The lowest BCUT2D eigenvalue weighted by Gasteiger charge is -2.67. The first kappa shape index (κ1) is 14.3. The van der Waals surface area contributed by atoms with E-state index in [0.29, 0.717) is 34.4 Å². The summed E-state index contributed by atoms with van der Waals surface area (Å²) in [4.78, 5) is 13.1. The fourth-order valence-corrected chi connectivity index (χ4v) is 7.71. The molecule has 118 valence electrons. The number of rotatable bonds is 0. The third kappa shape index (κ3) is 1.61. The van der Waals surface area contributed by atoms with Gasteiger partial charge in [-0.3, -0.25) is 4.79 Å². The maximum absolute atomic E-state index is 13.1. The molecule has 0 unspecified atom stereocenters. The van der Waals surface area contributed by atoms with Gasteiger partial charge >= 0.3 is 0 Å². The summed E-state index contributed by atoms with van der Waals surface area (Å²) >= 11 is 0. The molecule has 5 aliphatic rings. The molecule has 0 amide bonds. The Kier molecular flexibility index (Phi) is 2.82. The van der Waals surface area contributed by atoms with E-state index in [9.17, 15) is 4.79 Å².